The maximum atomic E-state index is 12.0. The van der Waals surface area contributed by atoms with Crippen LogP contribution in [0.3, 0.4) is 0 Å². The summed E-state index contributed by atoms with van der Waals surface area (Å²) < 4.78 is 5.38. The van der Waals surface area contributed by atoms with Crippen LogP contribution in [0.1, 0.15) is 29.6 Å². The fraction of sp³-hybridized carbons (Fsp3) is 0.462. The van der Waals surface area contributed by atoms with Gasteiger partial charge in [0.05, 0.1) is 10.5 Å². The lowest BCUT2D eigenvalue weighted by Crippen LogP contribution is -2.49. The first-order chi connectivity index (χ1) is 9.47. The molecule has 0 unspecified atom stereocenters. The molecule has 7 nitrogen and oxygen atoms in total. The van der Waals surface area contributed by atoms with Gasteiger partial charge in [-0.3, -0.25) is 14.9 Å². The molecule has 1 aromatic rings. The number of hydrogen-bond donors (Lipinski definition) is 2. The Morgan fingerprint density at radius 3 is 2.75 bits per heavy atom. The molecule has 1 aliphatic carbocycles. The van der Waals surface area contributed by atoms with E-state index in [4.69, 9.17) is 4.74 Å². The number of benzene rings is 1. The van der Waals surface area contributed by atoms with E-state index in [1.807, 2.05) is 0 Å². The molecule has 0 atom stereocenters. The van der Waals surface area contributed by atoms with Gasteiger partial charge in [-0.25, -0.2) is 0 Å². The molecular weight excluding hydrogens is 264 g/mol. The molecule has 1 fully saturated rings. The first-order valence-corrected chi connectivity index (χ1v) is 6.28. The number of methoxy groups -OCH3 is 1. The molecular formula is C13H16N2O5. The molecule has 0 radical (unpaired) electrons. The molecule has 0 spiro atoms. The van der Waals surface area contributed by atoms with Gasteiger partial charge >= 0.3 is 5.69 Å². The molecule has 1 aromatic carbocycles. The van der Waals surface area contributed by atoms with Gasteiger partial charge < -0.3 is 15.2 Å². The minimum Gasteiger partial charge on any atom is -0.502 e. The van der Waals surface area contributed by atoms with Crippen molar-refractivity contribution in [3.63, 3.8) is 0 Å². The highest BCUT2D eigenvalue weighted by Gasteiger charge is 2.37. The number of phenolic OH excluding ortho intramolecular Hbond substituents is 1. The number of phenols is 1. The molecule has 2 rings (SSSR count). The van der Waals surface area contributed by atoms with E-state index in [0.29, 0.717) is 6.54 Å². The van der Waals surface area contributed by atoms with Crippen molar-refractivity contribution in [2.75, 3.05) is 13.7 Å². The fourth-order valence-corrected chi connectivity index (χ4v) is 2.18. The number of carbonyl (C=O) groups excluding carboxylic acids is 1. The highest BCUT2D eigenvalue weighted by molar-refractivity contribution is 5.95. The van der Waals surface area contributed by atoms with Crippen molar-refractivity contribution in [1.82, 2.24) is 5.32 Å². The van der Waals surface area contributed by atoms with E-state index in [1.165, 1.54) is 6.07 Å². The van der Waals surface area contributed by atoms with Gasteiger partial charge in [-0.2, -0.15) is 0 Å². The van der Waals surface area contributed by atoms with Crippen molar-refractivity contribution in [3.8, 4) is 5.75 Å². The van der Waals surface area contributed by atoms with E-state index in [-0.39, 0.29) is 11.2 Å². The van der Waals surface area contributed by atoms with E-state index in [0.717, 1.165) is 31.4 Å². The standard InChI is InChI=1S/C13H16N2O5/c1-20-13(5-2-6-13)8-14-12(17)9-3-4-11(16)10(7-9)15(18)19/h3-4,7,16H,2,5-6,8H2,1H3,(H,14,17). The highest BCUT2D eigenvalue weighted by Crippen LogP contribution is 2.34. The van der Waals surface area contributed by atoms with Crippen LogP contribution < -0.4 is 5.32 Å². The number of rotatable bonds is 5. The third-order valence-electron chi connectivity index (χ3n) is 3.70. The number of ether oxygens (including phenoxy) is 1. The van der Waals surface area contributed by atoms with E-state index >= 15 is 0 Å². The Bertz CT molecular complexity index is 534. The quantitative estimate of drug-likeness (QED) is 0.630. The minimum atomic E-state index is -0.727. The largest absolute Gasteiger partial charge is 0.502 e. The molecule has 0 aromatic heterocycles. The molecule has 7 heteroatoms. The summed E-state index contributed by atoms with van der Waals surface area (Å²) in [4.78, 5) is 21.9. The molecule has 2 N–H and O–H groups in total. The van der Waals surface area contributed by atoms with Gasteiger partial charge in [0.1, 0.15) is 0 Å². The number of hydrogen-bond acceptors (Lipinski definition) is 5. The monoisotopic (exact) mass is 280 g/mol. The number of nitrogens with zero attached hydrogens (tertiary/aromatic N) is 1. The van der Waals surface area contributed by atoms with Gasteiger partial charge in [0.15, 0.2) is 5.75 Å². The maximum absolute atomic E-state index is 12.0. The summed E-state index contributed by atoms with van der Waals surface area (Å²) in [7, 11) is 1.61. The second-order valence-electron chi connectivity index (χ2n) is 4.88. The average molecular weight is 280 g/mol. The Hall–Kier alpha value is -2.15. The van der Waals surface area contributed by atoms with Gasteiger partial charge in [-0.15, -0.1) is 0 Å². The van der Waals surface area contributed by atoms with Crippen molar-refractivity contribution >= 4 is 11.6 Å². The van der Waals surface area contributed by atoms with E-state index in [1.54, 1.807) is 7.11 Å². The van der Waals surface area contributed by atoms with Crippen LogP contribution in [0.5, 0.6) is 5.75 Å². The summed E-state index contributed by atoms with van der Waals surface area (Å²) in [5.41, 5.74) is -0.652. The third-order valence-corrected chi connectivity index (χ3v) is 3.70. The number of nitrogens with one attached hydrogen (secondary N) is 1. The predicted molar refractivity (Wildman–Crippen MR) is 70.7 cm³/mol. The van der Waals surface area contributed by atoms with Crippen molar-refractivity contribution in [2.45, 2.75) is 24.9 Å². The van der Waals surface area contributed by atoms with Crippen LogP contribution >= 0.6 is 0 Å². The van der Waals surface area contributed by atoms with Crippen LogP contribution in [0.4, 0.5) is 5.69 Å². The third kappa shape index (κ3) is 2.72. The maximum Gasteiger partial charge on any atom is 0.311 e. The predicted octanol–water partition coefficient (Wildman–Crippen LogP) is 1.60. The molecule has 1 aliphatic rings. The molecule has 0 heterocycles. The molecule has 0 saturated heterocycles. The summed E-state index contributed by atoms with van der Waals surface area (Å²) in [6.45, 7) is 0.372. The van der Waals surface area contributed by atoms with Crippen LogP contribution in [-0.4, -0.2) is 35.2 Å². The van der Waals surface area contributed by atoms with Crippen LogP contribution in [0, 0.1) is 10.1 Å². The van der Waals surface area contributed by atoms with Crippen molar-refractivity contribution in [3.05, 3.63) is 33.9 Å². The van der Waals surface area contributed by atoms with E-state index in [9.17, 15) is 20.0 Å². The minimum absolute atomic E-state index is 0.139. The lowest BCUT2D eigenvalue weighted by Gasteiger charge is -2.40. The van der Waals surface area contributed by atoms with Crippen molar-refractivity contribution in [1.29, 1.82) is 0 Å². The zero-order valence-corrected chi connectivity index (χ0v) is 11.1. The molecule has 0 aliphatic heterocycles. The Balaban J connectivity index is 2.06. The SMILES string of the molecule is COC1(CNC(=O)c2ccc(O)c([N+](=O)[O-])c2)CCC1. The molecule has 20 heavy (non-hydrogen) atoms. The Morgan fingerprint density at radius 1 is 1.55 bits per heavy atom. The summed E-state index contributed by atoms with van der Waals surface area (Å²) in [5.74, 6) is -0.879. The van der Waals surface area contributed by atoms with Crippen LogP contribution in [0.2, 0.25) is 0 Å². The molecule has 0 bridgehead atoms. The van der Waals surface area contributed by atoms with Crippen molar-refractivity contribution < 1.29 is 19.6 Å². The van der Waals surface area contributed by atoms with Crippen molar-refractivity contribution in [2.24, 2.45) is 0 Å². The second-order valence-corrected chi connectivity index (χ2v) is 4.88. The van der Waals surface area contributed by atoms with Gasteiger partial charge in [-0.1, -0.05) is 0 Å². The summed E-state index contributed by atoms with van der Waals surface area (Å²) in [6, 6.07) is 3.55. The van der Waals surface area contributed by atoms with Gasteiger partial charge in [0, 0.05) is 25.3 Å². The Kier molecular flexibility index (Phi) is 3.89. The zero-order valence-electron chi connectivity index (χ0n) is 11.1. The number of nitro benzene ring substituents is 1. The highest BCUT2D eigenvalue weighted by atomic mass is 16.6. The number of nitro groups is 1. The summed E-state index contributed by atoms with van der Waals surface area (Å²) in [6.07, 6.45) is 2.84. The van der Waals surface area contributed by atoms with E-state index < -0.39 is 22.3 Å². The lowest BCUT2D eigenvalue weighted by atomic mass is 9.80. The first-order valence-electron chi connectivity index (χ1n) is 6.28. The van der Waals surface area contributed by atoms with Gasteiger partial charge in [-0.05, 0) is 31.4 Å². The van der Waals surface area contributed by atoms with Crippen LogP contribution in [0.25, 0.3) is 0 Å². The van der Waals surface area contributed by atoms with Crippen LogP contribution in [0.15, 0.2) is 18.2 Å². The topological polar surface area (TPSA) is 102 Å². The molecule has 1 amide bonds. The smallest absolute Gasteiger partial charge is 0.311 e. The van der Waals surface area contributed by atoms with E-state index in [2.05, 4.69) is 5.32 Å². The normalized spacial score (nSPS) is 16.2. The second kappa shape index (κ2) is 5.46. The molecule has 1 saturated carbocycles. The number of aromatic hydroxyl groups is 1. The average Bonchev–Trinajstić information content (AvgIpc) is 2.38. The number of amides is 1. The molecule has 108 valence electrons. The lowest BCUT2D eigenvalue weighted by molar-refractivity contribution is -0.385. The number of carbonyl (C=O) groups is 1. The van der Waals surface area contributed by atoms with Gasteiger partial charge in [0.2, 0.25) is 0 Å². The summed E-state index contributed by atoms with van der Waals surface area (Å²) in [5, 5.41) is 22.8. The Labute approximate surface area is 115 Å². The first kappa shape index (κ1) is 14.3. The fourth-order valence-electron chi connectivity index (χ4n) is 2.18. The van der Waals surface area contributed by atoms with Gasteiger partial charge in [0.25, 0.3) is 5.91 Å². The van der Waals surface area contributed by atoms with Crippen LogP contribution in [-0.2, 0) is 4.74 Å². The zero-order chi connectivity index (χ0) is 14.8. The summed E-state index contributed by atoms with van der Waals surface area (Å²) >= 11 is 0. The Morgan fingerprint density at radius 2 is 2.25 bits per heavy atom.